The zero-order valence-electron chi connectivity index (χ0n) is 8.76. The fourth-order valence-corrected chi connectivity index (χ4v) is 9.06. The molecule has 0 radical (unpaired) electrons. The van der Waals surface area contributed by atoms with E-state index in [1.165, 1.54) is 0 Å². The van der Waals surface area contributed by atoms with Gasteiger partial charge in [-0.05, 0) is 0 Å². The molecule has 75 valence electrons. The maximum atomic E-state index is 2.65. The van der Waals surface area contributed by atoms with Crippen LogP contribution < -0.4 is 0 Å². The van der Waals surface area contributed by atoms with Crippen LogP contribution in [0.2, 0.25) is 39.3 Å². The third-order valence-electron chi connectivity index (χ3n) is 1.34. The van der Waals surface area contributed by atoms with Gasteiger partial charge in [0, 0.05) is 0 Å². The minimum Gasteiger partial charge on any atom is -0.147 e. The van der Waals surface area contributed by atoms with Crippen LogP contribution in [-0.2, 0) is 20.7 Å². The Hall–Kier alpha value is 1.69. The Morgan fingerprint density at radius 2 is 0.917 bits per heavy atom. The number of hydrogen-bond donors (Lipinski definition) is 0. The van der Waals surface area contributed by atoms with Crippen molar-refractivity contribution in [3.05, 3.63) is 0 Å². The second-order valence-corrected chi connectivity index (χ2v) is 16.8. The molecule has 6 heteroatoms. The molecule has 0 spiro atoms. The second-order valence-electron chi connectivity index (χ2n) is 4.68. The average Bonchev–Trinajstić information content (AvgIpc) is 1.59. The molecule has 0 aliphatic rings. The van der Waals surface area contributed by atoms with Crippen LogP contribution in [0.15, 0.2) is 0 Å². The summed E-state index contributed by atoms with van der Waals surface area (Å²) in [6.07, 6.45) is 0. The maximum absolute atomic E-state index is 2.65. The molecule has 0 aromatic heterocycles. The number of rotatable bonds is 2. The monoisotopic (exact) mass is 280 g/mol. The first-order valence-electron chi connectivity index (χ1n) is 3.67. The van der Waals surface area contributed by atoms with Crippen LogP contribution in [0, 0.1) is 0 Å². The Kier molecular flexibility index (Phi) is 10.0. The van der Waals surface area contributed by atoms with Crippen molar-refractivity contribution >= 4 is 41.3 Å². The van der Waals surface area contributed by atoms with E-state index in [1.807, 2.05) is 0 Å². The second kappa shape index (κ2) is 6.22. The fourth-order valence-electron chi connectivity index (χ4n) is 1.01. The average molecular weight is 281 g/mol. The van der Waals surface area contributed by atoms with Gasteiger partial charge in [-0.1, -0.05) is 0 Å². The smallest absolute Gasteiger partial charge is 0.147 e. The summed E-state index contributed by atoms with van der Waals surface area (Å²) in [7, 11) is -2.00. The van der Waals surface area contributed by atoms with Gasteiger partial charge in [0.25, 0.3) is 0 Å². The summed E-state index contributed by atoms with van der Waals surface area (Å²) >= 11 is 2.29. The van der Waals surface area contributed by atoms with Crippen molar-refractivity contribution in [2.24, 2.45) is 0 Å². The molecule has 0 heterocycles. The number of halogens is 2. The predicted octanol–water partition coefficient (Wildman–Crippen LogP) is 3.26. The summed E-state index contributed by atoms with van der Waals surface area (Å²) < 4.78 is 2.65. The van der Waals surface area contributed by atoms with Gasteiger partial charge in [0.1, 0.15) is 0 Å². The molecule has 0 unspecified atom stereocenters. The van der Waals surface area contributed by atoms with Gasteiger partial charge in [-0.25, -0.2) is 0 Å². The molecule has 0 N–H and O–H groups in total. The summed E-state index contributed by atoms with van der Waals surface area (Å²) in [5.74, 6) is 0. The van der Waals surface area contributed by atoms with Crippen molar-refractivity contribution in [2.45, 2.75) is 39.3 Å². The standard InChI is InChI=1S/C6H18NSi2.2ClH.Ti/c1-8(2,3)7-9(4,5)6;;;/h1-6H3;2*1H;/q-1;;;+1. The predicted molar refractivity (Wildman–Crippen MR) is 63.0 cm³/mol. The van der Waals surface area contributed by atoms with E-state index in [2.05, 4.69) is 62.7 Å². The molecular weight excluding hydrogens is 261 g/mol. The van der Waals surface area contributed by atoms with E-state index in [9.17, 15) is 0 Å². The molecule has 0 fully saturated rings. The number of nitrogens with zero attached hydrogens (tertiary/aromatic N) is 1. The molecule has 0 aromatic carbocycles. The van der Waals surface area contributed by atoms with E-state index in [4.69, 9.17) is 0 Å². The van der Waals surface area contributed by atoms with E-state index in [-0.39, 0.29) is 24.8 Å². The van der Waals surface area contributed by atoms with E-state index < -0.39 is 16.5 Å². The van der Waals surface area contributed by atoms with Crippen LogP contribution in [0.1, 0.15) is 0 Å². The van der Waals surface area contributed by atoms with E-state index >= 15 is 0 Å². The van der Waals surface area contributed by atoms with Crippen LogP contribution in [0.4, 0.5) is 0 Å². The molecule has 12 heavy (non-hydrogen) atoms. The summed E-state index contributed by atoms with van der Waals surface area (Å²) in [6, 6.07) is 0. The summed E-state index contributed by atoms with van der Waals surface area (Å²) in [6.45, 7) is 14.4. The van der Waals surface area contributed by atoms with Crippen LogP contribution in [-0.4, -0.2) is 19.2 Å². The Labute approximate surface area is 103 Å². The Bertz CT molecular complexity index is 108. The molecule has 0 aliphatic carbocycles. The molecule has 0 saturated heterocycles. The Morgan fingerprint density at radius 1 is 0.750 bits per heavy atom. The minimum absolute atomic E-state index is 0. The van der Waals surface area contributed by atoms with Crippen molar-refractivity contribution in [3.63, 3.8) is 0 Å². The van der Waals surface area contributed by atoms with Crippen molar-refractivity contribution in [2.75, 3.05) is 0 Å². The zero-order chi connectivity index (χ0) is 8.58. The normalized spacial score (nSPS) is 11.8. The van der Waals surface area contributed by atoms with Crippen LogP contribution >= 0.6 is 24.8 Å². The molecule has 0 amide bonds. The zero-order valence-corrected chi connectivity index (χ0v) is 14.0. The summed E-state index contributed by atoms with van der Waals surface area (Å²) in [4.78, 5) is 0. The molecule has 0 atom stereocenters. The van der Waals surface area contributed by atoms with Crippen LogP contribution in [0.3, 0.4) is 0 Å². The van der Waals surface area contributed by atoms with Crippen LogP contribution in [0.5, 0.6) is 0 Å². The molecule has 0 aromatic rings. The first-order chi connectivity index (χ1) is 4.15. The van der Waals surface area contributed by atoms with Crippen LogP contribution in [0.25, 0.3) is 0 Å². The Morgan fingerprint density at radius 3 is 0.917 bits per heavy atom. The van der Waals surface area contributed by atoms with Gasteiger partial charge < -0.3 is 0 Å². The van der Waals surface area contributed by atoms with Gasteiger partial charge in [-0.2, -0.15) is 0 Å². The summed E-state index contributed by atoms with van der Waals surface area (Å²) in [5.41, 5.74) is 0. The van der Waals surface area contributed by atoms with Crippen molar-refractivity contribution in [1.29, 1.82) is 0 Å². The molecule has 0 rings (SSSR count). The minimum atomic E-state index is -1.00. The quantitative estimate of drug-likeness (QED) is 0.702. The number of hydrogen-bond acceptors (Lipinski definition) is 1. The third kappa shape index (κ3) is 7.13. The Balaban J connectivity index is -0.000000405. The van der Waals surface area contributed by atoms with Crippen molar-refractivity contribution in [1.82, 2.24) is 2.71 Å². The first-order valence-corrected chi connectivity index (χ1v) is 11.3. The van der Waals surface area contributed by atoms with E-state index in [0.717, 1.165) is 0 Å². The molecule has 0 aliphatic heterocycles. The van der Waals surface area contributed by atoms with Gasteiger partial charge in [0.15, 0.2) is 0 Å². The van der Waals surface area contributed by atoms with Crippen molar-refractivity contribution in [3.8, 4) is 0 Å². The molecular formula is C6H20Cl2NSi2Ti. The molecule has 0 bridgehead atoms. The third-order valence-corrected chi connectivity index (χ3v) is 14.3. The first kappa shape index (κ1) is 19.3. The van der Waals surface area contributed by atoms with Gasteiger partial charge in [-0.3, -0.25) is 0 Å². The van der Waals surface area contributed by atoms with E-state index in [1.54, 1.807) is 0 Å². The maximum Gasteiger partial charge on any atom is -0.147 e. The fraction of sp³-hybridized carbons (Fsp3) is 1.00. The van der Waals surface area contributed by atoms with Gasteiger partial charge in [0.05, 0.1) is 0 Å². The van der Waals surface area contributed by atoms with Crippen molar-refractivity contribution < 1.29 is 20.7 Å². The van der Waals surface area contributed by atoms with E-state index in [0.29, 0.717) is 0 Å². The summed E-state index contributed by atoms with van der Waals surface area (Å²) in [5, 5.41) is 0. The van der Waals surface area contributed by atoms with Gasteiger partial charge in [-0.15, -0.1) is 24.8 Å². The molecule has 1 nitrogen and oxygen atoms in total. The van der Waals surface area contributed by atoms with Gasteiger partial charge in [0.2, 0.25) is 0 Å². The largest absolute Gasteiger partial charge is 0.147 e. The van der Waals surface area contributed by atoms with Gasteiger partial charge >= 0.3 is 79.2 Å². The topological polar surface area (TPSA) is 3.24 Å². The SMILES string of the molecule is C[Si](C)(C)[N]([Ti])[Si](C)(C)C.Cl.Cl. The molecule has 0 saturated carbocycles.